The van der Waals surface area contributed by atoms with Crippen LogP contribution >= 0.6 is 0 Å². The second-order valence-corrected chi connectivity index (χ2v) is 13.7. The van der Waals surface area contributed by atoms with Gasteiger partial charge >= 0.3 is 11.9 Å². The second-order valence-electron chi connectivity index (χ2n) is 13.7. The highest BCUT2D eigenvalue weighted by Gasteiger charge is 2.63. The van der Waals surface area contributed by atoms with Gasteiger partial charge in [0, 0.05) is 12.5 Å². The third-order valence-electron chi connectivity index (χ3n) is 12.1. The first kappa shape index (κ1) is 28.1. The fraction of sp³-hybridized carbons (Fsp3) is 0.719. The highest BCUT2D eigenvalue weighted by Crippen LogP contribution is 2.68. The Kier molecular flexibility index (Phi) is 7.60. The van der Waals surface area contributed by atoms with Gasteiger partial charge in [0.15, 0.2) is 0 Å². The van der Waals surface area contributed by atoms with Gasteiger partial charge in [0.1, 0.15) is 0 Å². The summed E-state index contributed by atoms with van der Waals surface area (Å²) < 4.78 is 0. The molecule has 7 heteroatoms. The molecule has 1 aromatic rings. The Labute approximate surface area is 231 Å². The fourth-order valence-electron chi connectivity index (χ4n) is 10.00. The van der Waals surface area contributed by atoms with E-state index in [-0.39, 0.29) is 46.4 Å². The van der Waals surface area contributed by atoms with E-state index in [1.165, 1.54) is 6.07 Å². The van der Waals surface area contributed by atoms with Crippen LogP contribution in [0.5, 0.6) is 0 Å². The Hall–Kier alpha value is -2.41. The van der Waals surface area contributed by atoms with Crippen LogP contribution in [0.1, 0.15) is 106 Å². The topological polar surface area (TPSA) is 124 Å². The lowest BCUT2D eigenvalue weighted by Gasteiger charge is -2.62. The first-order chi connectivity index (χ1) is 18.5. The predicted molar refractivity (Wildman–Crippen MR) is 147 cm³/mol. The number of aliphatic carboxylic acids is 1. The second kappa shape index (κ2) is 10.5. The smallest absolute Gasteiger partial charge is 0.336 e. The molecule has 0 radical (unpaired) electrons. The predicted octanol–water partition coefficient (Wildman–Crippen LogP) is 5.61. The van der Waals surface area contributed by atoms with Crippen molar-refractivity contribution in [3.8, 4) is 0 Å². The molecule has 1 amide bonds. The number of nitrogens with one attached hydrogen (secondary N) is 1. The molecule has 4 N–H and O–H groups in total. The van der Waals surface area contributed by atoms with Crippen molar-refractivity contribution in [2.24, 2.45) is 46.3 Å². The molecule has 4 saturated carbocycles. The zero-order chi connectivity index (χ0) is 28.1. The first-order valence-corrected chi connectivity index (χ1v) is 15.0. The molecule has 5 rings (SSSR count). The number of rotatable bonds is 7. The number of carboxylic acids is 2. The van der Waals surface area contributed by atoms with Gasteiger partial charge in [0.2, 0.25) is 0 Å². The molecule has 10 unspecified atom stereocenters. The summed E-state index contributed by atoms with van der Waals surface area (Å²) in [6.07, 6.45) is 8.55. The van der Waals surface area contributed by atoms with Crippen molar-refractivity contribution < 1.29 is 29.7 Å². The van der Waals surface area contributed by atoms with Gasteiger partial charge in [-0.2, -0.15) is 0 Å². The molecule has 1 aromatic carbocycles. The largest absolute Gasteiger partial charge is 0.481 e. The minimum Gasteiger partial charge on any atom is -0.481 e. The van der Waals surface area contributed by atoms with Gasteiger partial charge in [-0.05, 0) is 116 Å². The lowest BCUT2D eigenvalue weighted by molar-refractivity contribution is -0.169. The molecule has 4 fully saturated rings. The Balaban J connectivity index is 1.28. The van der Waals surface area contributed by atoms with Crippen molar-refractivity contribution in [2.75, 3.05) is 0 Å². The highest BCUT2D eigenvalue weighted by molar-refractivity contribution is 6.04. The molecule has 0 spiro atoms. The Morgan fingerprint density at radius 1 is 0.974 bits per heavy atom. The van der Waals surface area contributed by atoms with Crippen molar-refractivity contribution in [3.05, 3.63) is 35.4 Å². The molecule has 0 saturated heterocycles. The van der Waals surface area contributed by atoms with Crippen LogP contribution in [0.4, 0.5) is 0 Å². The molecule has 0 aliphatic heterocycles. The van der Waals surface area contributed by atoms with E-state index in [2.05, 4.69) is 26.1 Å². The fourth-order valence-corrected chi connectivity index (χ4v) is 10.00. The maximum absolute atomic E-state index is 13.0. The number of hydrogen-bond donors (Lipinski definition) is 4. The van der Waals surface area contributed by atoms with Gasteiger partial charge < -0.3 is 20.6 Å². The Morgan fingerprint density at radius 3 is 2.38 bits per heavy atom. The average molecular weight is 540 g/mol. The number of carbonyl (C=O) groups excluding carboxylic acids is 1. The number of aliphatic hydroxyl groups excluding tert-OH is 1. The number of carbonyl (C=O) groups is 3. The van der Waals surface area contributed by atoms with Crippen LogP contribution in [0.3, 0.4) is 0 Å². The summed E-state index contributed by atoms with van der Waals surface area (Å²) >= 11 is 0. The molecule has 4 aliphatic carbocycles. The zero-order valence-electron chi connectivity index (χ0n) is 23.6. The quantitative estimate of drug-likeness (QED) is 0.357. The molecule has 10 atom stereocenters. The zero-order valence-corrected chi connectivity index (χ0v) is 23.6. The van der Waals surface area contributed by atoms with E-state index in [1.807, 2.05) is 0 Å². The first-order valence-electron chi connectivity index (χ1n) is 15.0. The van der Waals surface area contributed by atoms with Crippen LogP contribution in [0.2, 0.25) is 0 Å². The summed E-state index contributed by atoms with van der Waals surface area (Å²) in [6, 6.07) is 6.41. The van der Waals surface area contributed by atoms with E-state index in [1.54, 1.807) is 18.2 Å². The van der Waals surface area contributed by atoms with E-state index >= 15 is 0 Å². The van der Waals surface area contributed by atoms with Gasteiger partial charge in [0.25, 0.3) is 5.91 Å². The summed E-state index contributed by atoms with van der Waals surface area (Å²) in [4.78, 5) is 35.8. The lowest BCUT2D eigenvalue weighted by atomic mass is 9.43. The lowest BCUT2D eigenvalue weighted by Crippen LogP contribution is -2.59. The minimum atomic E-state index is -1.09. The number of hydrogen-bond acceptors (Lipinski definition) is 4. The van der Waals surface area contributed by atoms with E-state index in [0.717, 1.165) is 51.4 Å². The van der Waals surface area contributed by atoms with Crippen LogP contribution in [0.15, 0.2) is 24.3 Å². The average Bonchev–Trinajstić information content (AvgIpc) is 3.26. The molecule has 0 bridgehead atoms. The molecule has 0 heterocycles. The minimum absolute atomic E-state index is 0.0266. The summed E-state index contributed by atoms with van der Waals surface area (Å²) in [7, 11) is 0. The van der Waals surface area contributed by atoms with Gasteiger partial charge in [-0.3, -0.25) is 9.59 Å². The van der Waals surface area contributed by atoms with Crippen LogP contribution < -0.4 is 5.32 Å². The van der Waals surface area contributed by atoms with Gasteiger partial charge in [-0.25, -0.2) is 4.79 Å². The van der Waals surface area contributed by atoms with Crippen LogP contribution in [-0.2, 0) is 4.79 Å². The van der Waals surface area contributed by atoms with Crippen molar-refractivity contribution in [1.29, 1.82) is 0 Å². The van der Waals surface area contributed by atoms with Crippen molar-refractivity contribution in [1.82, 2.24) is 5.32 Å². The Morgan fingerprint density at radius 2 is 1.69 bits per heavy atom. The van der Waals surface area contributed by atoms with Crippen molar-refractivity contribution in [2.45, 2.75) is 97.1 Å². The maximum atomic E-state index is 13.0. The van der Waals surface area contributed by atoms with Gasteiger partial charge in [-0.1, -0.05) is 32.9 Å². The monoisotopic (exact) mass is 539 g/mol. The van der Waals surface area contributed by atoms with Crippen LogP contribution in [0, 0.1) is 46.3 Å². The molecule has 214 valence electrons. The van der Waals surface area contributed by atoms with Gasteiger partial charge in [0.05, 0.1) is 17.2 Å². The van der Waals surface area contributed by atoms with E-state index in [0.29, 0.717) is 41.9 Å². The SMILES string of the molecule is CC(CCC(=O)O)C1CCC2C3CCC4CC(NC(=O)c5ccccc5C(=O)O)CCC4(C)C3CC(O)C12C. The standard InChI is InChI=1S/C32H45NO6/c1-18(8-13-28(35)36)24-11-12-25-23-10-9-19-16-20(33-29(37)21-6-4-5-7-22(21)30(38)39)14-15-31(19,2)26(23)17-27(34)32(24,25)3/h4-7,18-20,23-27,34H,8-17H2,1-3H3,(H,33,37)(H,35,36)(H,38,39). The molecule has 39 heavy (non-hydrogen) atoms. The summed E-state index contributed by atoms with van der Waals surface area (Å²) in [6.45, 7) is 6.90. The van der Waals surface area contributed by atoms with Gasteiger partial charge in [-0.15, -0.1) is 0 Å². The van der Waals surface area contributed by atoms with Crippen LogP contribution in [0.25, 0.3) is 0 Å². The summed E-state index contributed by atoms with van der Waals surface area (Å²) in [5, 5.41) is 33.6. The summed E-state index contributed by atoms with van der Waals surface area (Å²) in [5.41, 5.74) is 0.219. The molecule has 7 nitrogen and oxygen atoms in total. The Bertz CT molecular complexity index is 1120. The summed E-state index contributed by atoms with van der Waals surface area (Å²) in [5.74, 6) is 0.503. The third-order valence-corrected chi connectivity index (χ3v) is 12.1. The highest BCUT2D eigenvalue weighted by atomic mass is 16.4. The number of benzene rings is 1. The maximum Gasteiger partial charge on any atom is 0.336 e. The number of amides is 1. The molecular weight excluding hydrogens is 494 g/mol. The third kappa shape index (κ3) is 4.79. The van der Waals surface area contributed by atoms with E-state index in [9.17, 15) is 29.7 Å². The van der Waals surface area contributed by atoms with Crippen LogP contribution in [-0.4, -0.2) is 45.3 Å². The molecular formula is C32H45NO6. The molecule has 0 aromatic heterocycles. The number of fused-ring (bicyclic) bond motifs is 5. The normalized spacial score (nSPS) is 40.1. The van der Waals surface area contributed by atoms with Crippen molar-refractivity contribution >= 4 is 17.8 Å². The molecule has 4 aliphatic rings. The number of carboxylic acid groups (broad SMARTS) is 2. The van der Waals surface area contributed by atoms with E-state index < -0.39 is 11.9 Å². The number of aromatic carboxylic acids is 1. The van der Waals surface area contributed by atoms with Crippen molar-refractivity contribution in [3.63, 3.8) is 0 Å². The van der Waals surface area contributed by atoms with E-state index in [4.69, 9.17) is 0 Å². The number of aliphatic hydroxyl groups is 1.